The first-order chi connectivity index (χ1) is 8.53. The number of benzene rings is 1. The standard InChI is InChI=1S/C14H16Cl2O2/c15-11-5-4-10(12(16)8-11)9-14(13(17)18)6-2-1-3-7-14/h4-5,8H,1-3,6-7,9H2,(H,17,18). The molecule has 0 bridgehead atoms. The second-order valence-corrected chi connectivity index (χ2v) is 5.90. The molecular formula is C14H16Cl2O2. The maximum Gasteiger partial charge on any atom is 0.309 e. The summed E-state index contributed by atoms with van der Waals surface area (Å²) in [6, 6.07) is 5.28. The van der Waals surface area contributed by atoms with Crippen LogP contribution in [0.4, 0.5) is 0 Å². The van der Waals surface area contributed by atoms with Crippen molar-refractivity contribution < 1.29 is 9.90 Å². The zero-order valence-electron chi connectivity index (χ0n) is 10.1. The van der Waals surface area contributed by atoms with Crippen molar-refractivity contribution in [2.24, 2.45) is 5.41 Å². The highest BCUT2D eigenvalue weighted by Crippen LogP contribution is 2.41. The first-order valence-electron chi connectivity index (χ1n) is 6.21. The van der Waals surface area contributed by atoms with Gasteiger partial charge in [-0.3, -0.25) is 4.79 Å². The molecule has 1 aliphatic carbocycles. The topological polar surface area (TPSA) is 37.3 Å². The molecule has 4 heteroatoms. The third-order valence-electron chi connectivity index (χ3n) is 3.81. The van der Waals surface area contributed by atoms with Gasteiger partial charge in [0.2, 0.25) is 0 Å². The summed E-state index contributed by atoms with van der Waals surface area (Å²) in [5.41, 5.74) is 0.237. The molecular weight excluding hydrogens is 271 g/mol. The van der Waals surface area contributed by atoms with Crippen LogP contribution in [0.5, 0.6) is 0 Å². The number of hydrogen-bond donors (Lipinski definition) is 1. The fourth-order valence-electron chi connectivity index (χ4n) is 2.72. The molecule has 98 valence electrons. The molecule has 0 heterocycles. The Morgan fingerprint density at radius 3 is 2.44 bits per heavy atom. The van der Waals surface area contributed by atoms with Gasteiger partial charge < -0.3 is 5.11 Å². The Hall–Kier alpha value is -0.730. The van der Waals surface area contributed by atoms with E-state index in [2.05, 4.69) is 0 Å². The van der Waals surface area contributed by atoms with Crippen LogP contribution in [-0.2, 0) is 11.2 Å². The van der Waals surface area contributed by atoms with E-state index in [0.717, 1.165) is 37.7 Å². The van der Waals surface area contributed by atoms with Crippen LogP contribution in [0, 0.1) is 5.41 Å². The van der Waals surface area contributed by atoms with Gasteiger partial charge in [0.1, 0.15) is 0 Å². The number of carboxylic acid groups (broad SMARTS) is 1. The quantitative estimate of drug-likeness (QED) is 0.884. The van der Waals surface area contributed by atoms with Crippen LogP contribution in [0.25, 0.3) is 0 Å². The first kappa shape index (κ1) is 13.7. The Labute approximate surface area is 117 Å². The van der Waals surface area contributed by atoms with Crippen LogP contribution in [0.15, 0.2) is 18.2 Å². The highest BCUT2D eigenvalue weighted by Gasteiger charge is 2.39. The minimum atomic E-state index is -0.701. The summed E-state index contributed by atoms with van der Waals surface area (Å²) < 4.78 is 0. The van der Waals surface area contributed by atoms with Crippen molar-refractivity contribution in [1.29, 1.82) is 0 Å². The molecule has 0 aromatic heterocycles. The molecule has 1 aliphatic rings. The summed E-state index contributed by atoms with van der Waals surface area (Å²) in [5, 5.41) is 10.7. The predicted molar refractivity (Wildman–Crippen MR) is 73.3 cm³/mol. The van der Waals surface area contributed by atoms with Gasteiger partial charge in [-0.05, 0) is 37.0 Å². The van der Waals surface area contributed by atoms with Gasteiger partial charge in [-0.25, -0.2) is 0 Å². The maximum atomic E-state index is 11.6. The van der Waals surface area contributed by atoms with Gasteiger partial charge in [0, 0.05) is 10.0 Å². The van der Waals surface area contributed by atoms with E-state index in [0.29, 0.717) is 16.5 Å². The lowest BCUT2D eigenvalue weighted by atomic mass is 9.70. The van der Waals surface area contributed by atoms with Crippen LogP contribution >= 0.6 is 23.2 Å². The average molecular weight is 287 g/mol. The number of carboxylic acids is 1. The van der Waals surface area contributed by atoms with Crippen molar-refractivity contribution in [3.8, 4) is 0 Å². The molecule has 0 spiro atoms. The smallest absolute Gasteiger partial charge is 0.309 e. The van der Waals surface area contributed by atoms with Gasteiger partial charge in [0.05, 0.1) is 5.41 Å². The van der Waals surface area contributed by atoms with Crippen molar-refractivity contribution in [3.63, 3.8) is 0 Å². The monoisotopic (exact) mass is 286 g/mol. The second kappa shape index (κ2) is 5.50. The Bertz CT molecular complexity index is 451. The summed E-state index contributed by atoms with van der Waals surface area (Å²) in [4.78, 5) is 11.6. The molecule has 1 saturated carbocycles. The van der Waals surface area contributed by atoms with Crippen molar-refractivity contribution in [3.05, 3.63) is 33.8 Å². The van der Waals surface area contributed by atoms with Crippen molar-refractivity contribution in [1.82, 2.24) is 0 Å². The van der Waals surface area contributed by atoms with E-state index < -0.39 is 11.4 Å². The van der Waals surface area contributed by atoms with Gasteiger partial charge >= 0.3 is 5.97 Å². The lowest BCUT2D eigenvalue weighted by Crippen LogP contribution is -2.35. The van der Waals surface area contributed by atoms with E-state index in [9.17, 15) is 9.90 Å². The van der Waals surface area contributed by atoms with Crippen LogP contribution < -0.4 is 0 Å². The highest BCUT2D eigenvalue weighted by molar-refractivity contribution is 6.35. The minimum absolute atomic E-state index is 0.498. The van der Waals surface area contributed by atoms with Crippen molar-refractivity contribution in [2.45, 2.75) is 38.5 Å². The van der Waals surface area contributed by atoms with E-state index in [1.54, 1.807) is 12.1 Å². The second-order valence-electron chi connectivity index (χ2n) is 5.06. The molecule has 0 radical (unpaired) electrons. The highest BCUT2D eigenvalue weighted by atomic mass is 35.5. The zero-order chi connectivity index (χ0) is 13.2. The minimum Gasteiger partial charge on any atom is -0.481 e. The number of aliphatic carboxylic acids is 1. The summed E-state index contributed by atoms with van der Waals surface area (Å²) in [6.07, 6.45) is 5.07. The van der Waals surface area contributed by atoms with Gasteiger partial charge in [-0.2, -0.15) is 0 Å². The fraction of sp³-hybridized carbons (Fsp3) is 0.500. The third kappa shape index (κ3) is 2.81. The molecule has 0 saturated heterocycles. The molecule has 1 N–H and O–H groups in total. The third-order valence-corrected chi connectivity index (χ3v) is 4.40. The molecule has 2 rings (SSSR count). The number of halogens is 2. The van der Waals surface area contributed by atoms with Crippen LogP contribution in [-0.4, -0.2) is 11.1 Å². The van der Waals surface area contributed by atoms with Gasteiger partial charge in [-0.1, -0.05) is 48.5 Å². The Morgan fingerprint density at radius 2 is 1.89 bits per heavy atom. The first-order valence-corrected chi connectivity index (χ1v) is 6.96. The largest absolute Gasteiger partial charge is 0.481 e. The van der Waals surface area contributed by atoms with Gasteiger partial charge in [0.25, 0.3) is 0 Å². The lowest BCUT2D eigenvalue weighted by Gasteiger charge is -2.33. The molecule has 1 aromatic rings. The molecule has 0 aliphatic heterocycles. The van der Waals surface area contributed by atoms with Gasteiger partial charge in [-0.15, -0.1) is 0 Å². The number of carbonyl (C=O) groups is 1. The van der Waals surface area contributed by atoms with E-state index in [1.165, 1.54) is 0 Å². The Morgan fingerprint density at radius 1 is 1.22 bits per heavy atom. The SMILES string of the molecule is O=C(O)C1(Cc2ccc(Cl)cc2Cl)CCCCC1. The molecule has 1 fully saturated rings. The van der Waals surface area contributed by atoms with Crippen molar-refractivity contribution in [2.75, 3.05) is 0 Å². The van der Waals surface area contributed by atoms with E-state index in [1.807, 2.05) is 6.07 Å². The summed E-state index contributed by atoms with van der Waals surface area (Å²) in [6.45, 7) is 0. The van der Waals surface area contributed by atoms with E-state index in [-0.39, 0.29) is 0 Å². The average Bonchev–Trinajstić information content (AvgIpc) is 2.34. The number of rotatable bonds is 3. The van der Waals surface area contributed by atoms with Crippen LogP contribution in [0.3, 0.4) is 0 Å². The Balaban J connectivity index is 2.26. The summed E-state index contributed by atoms with van der Waals surface area (Å²) in [5.74, 6) is -0.701. The molecule has 2 nitrogen and oxygen atoms in total. The fourth-order valence-corrected chi connectivity index (χ4v) is 3.20. The zero-order valence-corrected chi connectivity index (χ0v) is 11.6. The molecule has 0 unspecified atom stereocenters. The van der Waals surface area contributed by atoms with E-state index in [4.69, 9.17) is 23.2 Å². The van der Waals surface area contributed by atoms with Gasteiger partial charge in [0.15, 0.2) is 0 Å². The molecule has 0 amide bonds. The summed E-state index contributed by atoms with van der Waals surface area (Å²) >= 11 is 12.0. The number of hydrogen-bond acceptors (Lipinski definition) is 1. The maximum absolute atomic E-state index is 11.6. The Kier molecular flexibility index (Phi) is 4.18. The predicted octanol–water partition coefficient (Wildman–Crippen LogP) is 4.57. The molecule has 18 heavy (non-hydrogen) atoms. The van der Waals surface area contributed by atoms with E-state index >= 15 is 0 Å². The van der Waals surface area contributed by atoms with Crippen LogP contribution in [0.2, 0.25) is 10.0 Å². The summed E-state index contributed by atoms with van der Waals surface area (Å²) in [7, 11) is 0. The molecule has 0 atom stereocenters. The lowest BCUT2D eigenvalue weighted by molar-refractivity contribution is -0.151. The molecule has 1 aromatic carbocycles. The normalized spacial score (nSPS) is 18.6. The van der Waals surface area contributed by atoms with Crippen LogP contribution in [0.1, 0.15) is 37.7 Å². The van der Waals surface area contributed by atoms with Crippen molar-refractivity contribution >= 4 is 29.2 Å².